The molecule has 0 fully saturated rings. The van der Waals surface area contributed by atoms with Crippen molar-refractivity contribution in [3.05, 3.63) is 72.3 Å². The normalized spacial score (nSPS) is 12.0. The molecule has 2 aromatic carbocycles. The highest BCUT2D eigenvalue weighted by molar-refractivity contribution is 6.02. The minimum Gasteiger partial charge on any atom is -0.355 e. The topological polar surface area (TPSA) is 29.1 Å². The maximum atomic E-state index is 12.4. The molecule has 0 spiro atoms. The summed E-state index contributed by atoms with van der Waals surface area (Å²) in [7, 11) is 0. The molecule has 2 nitrogen and oxygen atoms in total. The highest BCUT2D eigenvalue weighted by Crippen LogP contribution is 2.22. The summed E-state index contributed by atoms with van der Waals surface area (Å²) in [6.45, 7) is 0. The number of alkyl halides is 3. The second-order valence-electron chi connectivity index (χ2n) is 4.28. The lowest BCUT2D eigenvalue weighted by molar-refractivity contribution is -0.165. The molecule has 0 aliphatic carbocycles. The monoisotopic (exact) mass is 291 g/mol. The molecule has 5 heteroatoms. The summed E-state index contributed by atoms with van der Waals surface area (Å²) < 4.78 is 37.3. The van der Waals surface area contributed by atoms with Gasteiger partial charge in [-0.3, -0.25) is 4.79 Å². The number of allylic oxidation sites excluding steroid dienone is 1. The fraction of sp³-hybridized carbons (Fsp3) is 0.0625. The third-order valence-corrected chi connectivity index (χ3v) is 2.69. The maximum Gasteiger partial charge on any atom is 0.454 e. The van der Waals surface area contributed by atoms with Crippen LogP contribution in [0.1, 0.15) is 5.56 Å². The van der Waals surface area contributed by atoms with Gasteiger partial charge in [-0.1, -0.05) is 48.5 Å². The molecule has 2 rings (SSSR count). The summed E-state index contributed by atoms with van der Waals surface area (Å²) in [6, 6.07) is 17.1. The average Bonchev–Trinajstić information content (AvgIpc) is 2.47. The van der Waals surface area contributed by atoms with Crippen molar-refractivity contribution in [1.82, 2.24) is 0 Å². The Morgan fingerprint density at radius 1 is 0.905 bits per heavy atom. The van der Waals surface area contributed by atoms with Gasteiger partial charge in [0, 0.05) is 17.5 Å². The predicted molar refractivity (Wildman–Crippen MR) is 75.5 cm³/mol. The molecule has 2 aromatic rings. The number of nitrogens with one attached hydrogen (secondary N) is 1. The molecule has 0 bridgehead atoms. The van der Waals surface area contributed by atoms with Crippen LogP contribution in [-0.4, -0.2) is 12.0 Å². The lowest BCUT2D eigenvalue weighted by Gasteiger charge is -2.12. The summed E-state index contributed by atoms with van der Waals surface area (Å²) in [4.78, 5) is 11.2. The van der Waals surface area contributed by atoms with Gasteiger partial charge >= 0.3 is 6.18 Å². The number of carbonyl (C=O) groups is 1. The lowest BCUT2D eigenvalue weighted by atomic mass is 10.1. The van der Waals surface area contributed by atoms with Crippen LogP contribution in [0.5, 0.6) is 0 Å². The van der Waals surface area contributed by atoms with Crippen LogP contribution in [0.2, 0.25) is 0 Å². The number of ketones is 1. The van der Waals surface area contributed by atoms with Gasteiger partial charge in [0.25, 0.3) is 5.78 Å². The first-order valence-corrected chi connectivity index (χ1v) is 6.17. The van der Waals surface area contributed by atoms with Crippen LogP contribution in [0.3, 0.4) is 0 Å². The van der Waals surface area contributed by atoms with Gasteiger partial charge in [-0.25, -0.2) is 0 Å². The van der Waals surface area contributed by atoms with E-state index in [4.69, 9.17) is 0 Å². The Morgan fingerprint density at radius 3 is 1.95 bits per heavy atom. The minimum atomic E-state index is -4.89. The van der Waals surface area contributed by atoms with Crippen LogP contribution in [0.15, 0.2) is 66.7 Å². The van der Waals surface area contributed by atoms with Crippen molar-refractivity contribution < 1.29 is 18.0 Å². The van der Waals surface area contributed by atoms with Crippen LogP contribution in [0, 0.1) is 0 Å². The Labute approximate surface area is 119 Å². The first-order chi connectivity index (χ1) is 9.97. The molecular weight excluding hydrogens is 279 g/mol. The van der Waals surface area contributed by atoms with Crippen LogP contribution in [-0.2, 0) is 4.79 Å². The second kappa shape index (κ2) is 6.26. The summed E-state index contributed by atoms with van der Waals surface area (Å²) in [5, 5.41) is 2.84. The van der Waals surface area contributed by atoms with Gasteiger partial charge in [-0.05, 0) is 17.7 Å². The zero-order valence-corrected chi connectivity index (χ0v) is 10.9. The van der Waals surface area contributed by atoms with E-state index in [1.165, 1.54) is 0 Å². The highest BCUT2D eigenvalue weighted by Gasteiger charge is 2.36. The van der Waals surface area contributed by atoms with E-state index >= 15 is 0 Å². The molecule has 0 heterocycles. The van der Waals surface area contributed by atoms with Crippen molar-refractivity contribution in [2.75, 3.05) is 5.32 Å². The van der Waals surface area contributed by atoms with Crippen molar-refractivity contribution in [3.8, 4) is 0 Å². The quantitative estimate of drug-likeness (QED) is 0.852. The average molecular weight is 291 g/mol. The second-order valence-corrected chi connectivity index (χ2v) is 4.28. The first-order valence-electron chi connectivity index (χ1n) is 6.17. The number of hydrogen-bond donors (Lipinski definition) is 1. The Kier molecular flexibility index (Phi) is 4.42. The van der Waals surface area contributed by atoms with Crippen LogP contribution < -0.4 is 5.32 Å². The summed E-state index contributed by atoms with van der Waals surface area (Å²) in [6.07, 6.45) is -4.32. The van der Waals surface area contributed by atoms with E-state index < -0.39 is 12.0 Å². The zero-order valence-electron chi connectivity index (χ0n) is 10.9. The highest BCUT2D eigenvalue weighted by atomic mass is 19.4. The number of benzene rings is 2. The molecule has 0 radical (unpaired) electrons. The van der Waals surface area contributed by atoms with E-state index in [2.05, 4.69) is 5.32 Å². The van der Waals surface area contributed by atoms with Crippen molar-refractivity contribution in [3.63, 3.8) is 0 Å². The first kappa shape index (κ1) is 14.8. The smallest absolute Gasteiger partial charge is 0.355 e. The van der Waals surface area contributed by atoms with Crippen molar-refractivity contribution in [1.29, 1.82) is 0 Å². The number of halogens is 3. The molecule has 0 aliphatic heterocycles. The van der Waals surface area contributed by atoms with Crippen LogP contribution in [0.25, 0.3) is 5.70 Å². The van der Waals surface area contributed by atoms with E-state index in [0.717, 1.165) is 0 Å². The van der Waals surface area contributed by atoms with Crippen LogP contribution in [0.4, 0.5) is 18.9 Å². The van der Waals surface area contributed by atoms with E-state index in [1.807, 2.05) is 0 Å². The Morgan fingerprint density at radius 2 is 1.43 bits per heavy atom. The summed E-state index contributed by atoms with van der Waals surface area (Å²) >= 11 is 0. The molecule has 0 aliphatic rings. The molecular formula is C16H12F3NO. The summed E-state index contributed by atoms with van der Waals surface area (Å²) in [5.41, 5.74) is 1.20. The standard InChI is InChI=1S/C16H12F3NO/c17-16(18,19)15(21)11-14(12-7-3-1-4-8-12)20-13-9-5-2-6-10-13/h1-11,20H/b14-11+. The zero-order chi connectivity index (χ0) is 15.3. The van der Waals surface area contributed by atoms with Gasteiger partial charge < -0.3 is 5.32 Å². The number of anilines is 1. The summed E-state index contributed by atoms with van der Waals surface area (Å²) in [5.74, 6) is -1.90. The molecule has 0 saturated heterocycles. The number of para-hydroxylation sites is 1. The van der Waals surface area contributed by atoms with Gasteiger partial charge in [-0.2, -0.15) is 13.2 Å². The third-order valence-electron chi connectivity index (χ3n) is 2.69. The van der Waals surface area contributed by atoms with E-state index in [0.29, 0.717) is 17.3 Å². The van der Waals surface area contributed by atoms with Crippen molar-refractivity contribution in [2.24, 2.45) is 0 Å². The Balaban J connectivity index is 2.36. The number of carbonyl (C=O) groups excluding carboxylic acids is 1. The molecule has 0 atom stereocenters. The molecule has 21 heavy (non-hydrogen) atoms. The Bertz CT molecular complexity index is 634. The van der Waals surface area contributed by atoms with Crippen LogP contribution >= 0.6 is 0 Å². The Hall–Kier alpha value is -2.56. The molecule has 0 amide bonds. The van der Waals surface area contributed by atoms with Crippen molar-refractivity contribution >= 4 is 17.2 Å². The predicted octanol–water partition coefficient (Wildman–Crippen LogP) is 4.27. The molecule has 0 unspecified atom stereocenters. The van der Waals surface area contributed by atoms with E-state index in [9.17, 15) is 18.0 Å². The molecule has 108 valence electrons. The fourth-order valence-electron chi connectivity index (χ4n) is 1.70. The van der Waals surface area contributed by atoms with Gasteiger partial charge in [0.15, 0.2) is 0 Å². The molecule has 0 saturated carbocycles. The lowest BCUT2D eigenvalue weighted by Crippen LogP contribution is -2.21. The van der Waals surface area contributed by atoms with Gasteiger partial charge in [0.1, 0.15) is 0 Å². The van der Waals surface area contributed by atoms with Gasteiger partial charge in [0.05, 0.1) is 0 Å². The minimum absolute atomic E-state index is 0.101. The number of hydrogen-bond acceptors (Lipinski definition) is 2. The maximum absolute atomic E-state index is 12.4. The van der Waals surface area contributed by atoms with Gasteiger partial charge in [0.2, 0.25) is 0 Å². The fourth-order valence-corrected chi connectivity index (χ4v) is 1.70. The third kappa shape index (κ3) is 4.21. The molecule has 1 N–H and O–H groups in total. The van der Waals surface area contributed by atoms with Gasteiger partial charge in [-0.15, -0.1) is 0 Å². The van der Waals surface area contributed by atoms with E-state index in [-0.39, 0.29) is 5.70 Å². The number of rotatable bonds is 4. The largest absolute Gasteiger partial charge is 0.454 e. The van der Waals surface area contributed by atoms with E-state index in [1.54, 1.807) is 60.7 Å². The molecule has 0 aromatic heterocycles. The SMILES string of the molecule is O=C(/C=C(/Nc1ccccc1)c1ccccc1)C(F)(F)F. The van der Waals surface area contributed by atoms with Crippen molar-refractivity contribution in [2.45, 2.75) is 6.18 Å².